The first-order valence-corrected chi connectivity index (χ1v) is 8.09. The Balaban J connectivity index is 1.61. The van der Waals surface area contributed by atoms with Gasteiger partial charge in [-0.3, -0.25) is 10.1 Å². The molecule has 0 spiro atoms. The van der Waals surface area contributed by atoms with Gasteiger partial charge in [-0.05, 0) is 42.0 Å². The fourth-order valence-electron chi connectivity index (χ4n) is 2.42. The average molecular weight is 359 g/mol. The van der Waals surface area contributed by atoms with Crippen molar-refractivity contribution in [3.63, 3.8) is 0 Å². The van der Waals surface area contributed by atoms with E-state index in [1.807, 2.05) is 30.1 Å². The Morgan fingerprint density at radius 3 is 2.56 bits per heavy atom. The first-order chi connectivity index (χ1) is 12.0. The zero-order valence-corrected chi connectivity index (χ0v) is 14.4. The van der Waals surface area contributed by atoms with Gasteiger partial charge in [-0.25, -0.2) is 0 Å². The molecular formula is C17H17N3O4S. The molecule has 0 unspecified atom stereocenters. The van der Waals surface area contributed by atoms with Crippen molar-refractivity contribution in [3.05, 3.63) is 58.1 Å². The molecule has 1 aliphatic rings. The van der Waals surface area contributed by atoms with Gasteiger partial charge in [0.1, 0.15) is 13.2 Å². The summed E-state index contributed by atoms with van der Waals surface area (Å²) in [5, 5.41) is 14.3. The predicted octanol–water partition coefficient (Wildman–Crippen LogP) is 3.19. The van der Waals surface area contributed by atoms with Crippen LogP contribution in [-0.4, -0.2) is 35.2 Å². The van der Waals surface area contributed by atoms with Gasteiger partial charge in [0.25, 0.3) is 5.69 Å². The van der Waals surface area contributed by atoms with Gasteiger partial charge in [0.05, 0.1) is 4.92 Å². The molecule has 2 aromatic carbocycles. The van der Waals surface area contributed by atoms with Gasteiger partial charge in [-0.1, -0.05) is 6.07 Å². The minimum absolute atomic E-state index is 0.0427. The number of nitro groups is 1. The molecule has 25 heavy (non-hydrogen) atoms. The van der Waals surface area contributed by atoms with E-state index in [1.165, 1.54) is 12.1 Å². The van der Waals surface area contributed by atoms with E-state index in [9.17, 15) is 10.1 Å². The third-order valence-corrected chi connectivity index (χ3v) is 4.12. The lowest BCUT2D eigenvalue weighted by Gasteiger charge is -2.23. The maximum Gasteiger partial charge on any atom is 0.269 e. The highest BCUT2D eigenvalue weighted by Crippen LogP contribution is 2.31. The summed E-state index contributed by atoms with van der Waals surface area (Å²) in [5.74, 6) is 1.50. The van der Waals surface area contributed by atoms with Crippen molar-refractivity contribution >= 4 is 28.7 Å². The van der Waals surface area contributed by atoms with Crippen molar-refractivity contribution in [1.82, 2.24) is 4.90 Å². The van der Waals surface area contributed by atoms with Crippen LogP contribution in [0.25, 0.3) is 0 Å². The molecule has 1 aliphatic heterocycles. The standard InChI is InChI=1S/C17H17N3O4S/c1-19(11-12-2-7-15-16(10-12)24-9-8-23-15)17(25)18-13-3-5-14(6-4-13)20(21)22/h2-7,10H,8-9,11H2,1H3,(H,18,25). The van der Waals surface area contributed by atoms with Crippen molar-refractivity contribution in [2.24, 2.45) is 0 Å². The fraction of sp³-hybridized carbons (Fsp3) is 0.235. The third-order valence-electron chi connectivity index (χ3n) is 3.70. The summed E-state index contributed by atoms with van der Waals surface area (Å²) in [7, 11) is 1.87. The molecule has 0 fully saturated rings. The van der Waals surface area contributed by atoms with Crippen LogP contribution >= 0.6 is 12.2 Å². The number of anilines is 1. The minimum atomic E-state index is -0.434. The molecule has 8 heteroatoms. The number of non-ortho nitro benzene ring substituents is 1. The van der Waals surface area contributed by atoms with Gasteiger partial charge in [0, 0.05) is 31.4 Å². The van der Waals surface area contributed by atoms with Gasteiger partial charge in [0.2, 0.25) is 0 Å². The van der Waals surface area contributed by atoms with Crippen molar-refractivity contribution in [2.45, 2.75) is 6.54 Å². The monoisotopic (exact) mass is 359 g/mol. The fourth-order valence-corrected chi connectivity index (χ4v) is 2.60. The topological polar surface area (TPSA) is 76.9 Å². The smallest absolute Gasteiger partial charge is 0.269 e. The first kappa shape index (κ1) is 17.0. The lowest BCUT2D eigenvalue weighted by Crippen LogP contribution is -2.30. The van der Waals surface area contributed by atoms with Crippen LogP contribution in [0.1, 0.15) is 5.56 Å². The number of fused-ring (bicyclic) bond motifs is 1. The predicted molar refractivity (Wildman–Crippen MR) is 98.2 cm³/mol. The lowest BCUT2D eigenvalue weighted by atomic mass is 10.2. The number of nitrogens with one attached hydrogen (secondary N) is 1. The van der Waals surface area contributed by atoms with E-state index in [0.29, 0.717) is 30.6 Å². The maximum atomic E-state index is 10.7. The summed E-state index contributed by atoms with van der Waals surface area (Å²) in [5.41, 5.74) is 1.78. The molecule has 2 aromatic rings. The van der Waals surface area contributed by atoms with E-state index in [0.717, 1.165) is 17.1 Å². The Morgan fingerprint density at radius 2 is 1.88 bits per heavy atom. The van der Waals surface area contributed by atoms with Crippen LogP contribution in [0.15, 0.2) is 42.5 Å². The molecule has 0 saturated carbocycles. The Bertz CT molecular complexity index is 795. The van der Waals surface area contributed by atoms with Crippen molar-refractivity contribution in [1.29, 1.82) is 0 Å². The van der Waals surface area contributed by atoms with Crippen LogP contribution in [0, 0.1) is 10.1 Å². The highest BCUT2D eigenvalue weighted by Gasteiger charge is 2.13. The van der Waals surface area contributed by atoms with Gasteiger partial charge in [-0.2, -0.15) is 0 Å². The molecular weight excluding hydrogens is 342 g/mol. The second kappa shape index (κ2) is 7.35. The normalized spacial score (nSPS) is 12.4. The molecule has 0 saturated heterocycles. The molecule has 0 atom stereocenters. The highest BCUT2D eigenvalue weighted by atomic mass is 32.1. The first-order valence-electron chi connectivity index (χ1n) is 7.68. The van der Waals surface area contributed by atoms with E-state index in [1.54, 1.807) is 12.1 Å². The minimum Gasteiger partial charge on any atom is -0.486 e. The summed E-state index contributed by atoms with van der Waals surface area (Å²) in [4.78, 5) is 12.1. The van der Waals surface area contributed by atoms with E-state index in [-0.39, 0.29) is 5.69 Å². The van der Waals surface area contributed by atoms with Crippen molar-refractivity contribution in [2.75, 3.05) is 25.6 Å². The summed E-state index contributed by atoms with van der Waals surface area (Å²) in [6.45, 7) is 1.71. The van der Waals surface area contributed by atoms with Crippen molar-refractivity contribution in [3.8, 4) is 11.5 Å². The maximum absolute atomic E-state index is 10.7. The summed E-state index contributed by atoms with van der Waals surface area (Å²) in [6.07, 6.45) is 0. The van der Waals surface area contributed by atoms with Gasteiger partial charge >= 0.3 is 0 Å². The molecule has 3 rings (SSSR count). The van der Waals surface area contributed by atoms with E-state index in [4.69, 9.17) is 21.7 Å². The summed E-state index contributed by atoms with van der Waals surface area (Å²) in [6, 6.07) is 11.9. The molecule has 130 valence electrons. The van der Waals surface area contributed by atoms with Crippen LogP contribution in [0.4, 0.5) is 11.4 Å². The van der Waals surface area contributed by atoms with Gasteiger partial charge < -0.3 is 19.7 Å². The quantitative estimate of drug-likeness (QED) is 0.510. The molecule has 0 aliphatic carbocycles. The Morgan fingerprint density at radius 1 is 1.20 bits per heavy atom. The highest BCUT2D eigenvalue weighted by molar-refractivity contribution is 7.80. The average Bonchev–Trinajstić information content (AvgIpc) is 2.62. The van der Waals surface area contributed by atoms with E-state index >= 15 is 0 Å². The Labute approximate surface area is 150 Å². The summed E-state index contributed by atoms with van der Waals surface area (Å²) >= 11 is 5.39. The van der Waals surface area contributed by atoms with Gasteiger partial charge in [0.15, 0.2) is 16.6 Å². The van der Waals surface area contributed by atoms with Crippen LogP contribution in [0.2, 0.25) is 0 Å². The second-order valence-corrected chi connectivity index (χ2v) is 5.95. The zero-order valence-electron chi connectivity index (χ0n) is 13.6. The largest absolute Gasteiger partial charge is 0.486 e. The lowest BCUT2D eigenvalue weighted by molar-refractivity contribution is -0.384. The molecule has 1 N–H and O–H groups in total. The molecule has 7 nitrogen and oxygen atoms in total. The van der Waals surface area contributed by atoms with E-state index in [2.05, 4.69) is 5.32 Å². The Hall–Kier alpha value is -2.87. The summed E-state index contributed by atoms with van der Waals surface area (Å²) < 4.78 is 11.1. The number of benzene rings is 2. The third kappa shape index (κ3) is 4.16. The Kier molecular flexibility index (Phi) is 4.99. The zero-order chi connectivity index (χ0) is 17.8. The SMILES string of the molecule is CN(Cc1ccc2c(c1)OCCO2)C(=S)Nc1ccc([N+](=O)[O-])cc1. The number of nitro benzene ring substituents is 1. The van der Waals surface area contributed by atoms with E-state index < -0.39 is 4.92 Å². The van der Waals surface area contributed by atoms with Crippen LogP contribution in [0.5, 0.6) is 11.5 Å². The van der Waals surface area contributed by atoms with Crippen LogP contribution < -0.4 is 14.8 Å². The number of ether oxygens (including phenoxy) is 2. The van der Waals surface area contributed by atoms with Crippen LogP contribution in [0.3, 0.4) is 0 Å². The van der Waals surface area contributed by atoms with Crippen LogP contribution in [-0.2, 0) is 6.54 Å². The number of rotatable bonds is 4. The molecule has 0 bridgehead atoms. The van der Waals surface area contributed by atoms with Crippen molar-refractivity contribution < 1.29 is 14.4 Å². The number of hydrogen-bond donors (Lipinski definition) is 1. The second-order valence-electron chi connectivity index (χ2n) is 5.57. The molecule has 0 amide bonds. The number of thiocarbonyl (C=S) groups is 1. The number of hydrogen-bond acceptors (Lipinski definition) is 5. The molecule has 0 radical (unpaired) electrons. The molecule has 0 aromatic heterocycles. The van der Waals surface area contributed by atoms with Gasteiger partial charge in [-0.15, -0.1) is 0 Å². The number of nitrogens with zero attached hydrogens (tertiary/aromatic N) is 2. The molecule has 1 heterocycles.